The van der Waals surface area contributed by atoms with Gasteiger partial charge in [-0.2, -0.15) is 0 Å². The zero-order valence-electron chi connectivity index (χ0n) is 14.4. The highest BCUT2D eigenvalue weighted by Crippen LogP contribution is 2.28. The molecule has 0 aliphatic heterocycles. The first-order chi connectivity index (χ1) is 11.7. The van der Waals surface area contributed by atoms with E-state index in [1.165, 1.54) is 25.7 Å². The number of nitrogen functional groups attached to an aromatic ring is 1. The molecule has 124 valence electrons. The molecular weight excluding hydrogens is 296 g/mol. The fourth-order valence-corrected chi connectivity index (χ4v) is 2.84. The number of nitrogens with two attached hydrogens (primary N) is 1. The molecule has 3 rings (SSSR count). The lowest BCUT2D eigenvalue weighted by Gasteiger charge is -2.06. The molecule has 0 aliphatic rings. The molecule has 0 radical (unpaired) electrons. The van der Waals surface area contributed by atoms with Crippen LogP contribution in [0.25, 0.3) is 22.1 Å². The van der Waals surface area contributed by atoms with E-state index in [1.807, 2.05) is 36.4 Å². The lowest BCUT2D eigenvalue weighted by Crippen LogP contribution is -1.94. The maximum Gasteiger partial charge on any atom is 0.0917 e. The van der Waals surface area contributed by atoms with Gasteiger partial charge in [0.15, 0.2) is 0 Å². The molecule has 0 amide bonds. The molecule has 24 heavy (non-hydrogen) atoms. The zero-order chi connectivity index (χ0) is 16.9. The highest BCUT2D eigenvalue weighted by atomic mass is 14.8. The predicted octanol–water partition coefficient (Wildman–Crippen LogP) is 5.43. The Morgan fingerprint density at radius 1 is 0.958 bits per heavy atom. The smallest absolute Gasteiger partial charge is 0.0917 e. The van der Waals surface area contributed by atoms with Crippen molar-refractivity contribution in [3.63, 3.8) is 0 Å². The molecule has 0 saturated carbocycles. The quantitative estimate of drug-likeness (QED) is 0.285. The zero-order valence-corrected chi connectivity index (χ0v) is 14.4. The lowest BCUT2D eigenvalue weighted by atomic mass is 10.1. The Morgan fingerprint density at radius 3 is 2.29 bits per heavy atom. The monoisotopic (exact) mass is 320 g/mol. The number of fused-ring (bicyclic) bond motifs is 2. The Labute approximate surface area is 142 Å². The number of hydrogen-bond donors (Lipinski definition) is 1. The van der Waals surface area contributed by atoms with Crippen LogP contribution >= 0.6 is 0 Å². The first-order valence-electron chi connectivity index (χ1n) is 8.67. The summed E-state index contributed by atoms with van der Waals surface area (Å²) in [5.74, 6) is 0. The second-order valence-corrected chi connectivity index (χ2v) is 6.27. The Balaban J connectivity index is 1.90. The van der Waals surface area contributed by atoms with E-state index >= 15 is 0 Å². The summed E-state index contributed by atoms with van der Waals surface area (Å²) in [6.07, 6.45) is 5.99. The lowest BCUT2D eigenvalue weighted by molar-refractivity contribution is 0.682. The van der Waals surface area contributed by atoms with Gasteiger partial charge in [0.1, 0.15) is 0 Å². The van der Waals surface area contributed by atoms with Gasteiger partial charge in [0, 0.05) is 5.71 Å². The summed E-state index contributed by atoms with van der Waals surface area (Å²) in [5, 5.41) is 0. The van der Waals surface area contributed by atoms with E-state index in [4.69, 9.17) is 10.7 Å². The van der Waals surface area contributed by atoms with Crippen LogP contribution in [0.15, 0.2) is 41.4 Å². The normalized spacial score (nSPS) is 12.2. The van der Waals surface area contributed by atoms with Gasteiger partial charge in [0.25, 0.3) is 0 Å². The molecule has 0 saturated heterocycles. The SMILES string of the molecule is CCCCCCC(C)=Nc1cc2nc3ccccc3nc2cc1N. The van der Waals surface area contributed by atoms with Gasteiger partial charge in [0.2, 0.25) is 0 Å². The largest absolute Gasteiger partial charge is 0.397 e. The minimum Gasteiger partial charge on any atom is -0.397 e. The van der Waals surface area contributed by atoms with E-state index in [0.717, 1.165) is 39.9 Å². The van der Waals surface area contributed by atoms with E-state index in [2.05, 4.69) is 23.8 Å². The van der Waals surface area contributed by atoms with Crippen molar-refractivity contribution in [3.05, 3.63) is 36.4 Å². The summed E-state index contributed by atoms with van der Waals surface area (Å²) in [5.41, 5.74) is 12.2. The standard InChI is InChI=1S/C20H24N4/c1-3-4-5-6-9-14(2)22-18-13-20-19(12-15(18)21)23-16-10-7-8-11-17(16)24-20/h7-8,10-13H,3-6,9,21H2,1-2H3. The Hall–Kier alpha value is -2.49. The number of aromatic nitrogens is 2. The van der Waals surface area contributed by atoms with Crippen molar-refractivity contribution < 1.29 is 0 Å². The van der Waals surface area contributed by atoms with Gasteiger partial charge < -0.3 is 5.73 Å². The second-order valence-electron chi connectivity index (χ2n) is 6.27. The summed E-state index contributed by atoms with van der Waals surface area (Å²) in [7, 11) is 0. The van der Waals surface area contributed by atoms with E-state index in [9.17, 15) is 0 Å². The van der Waals surface area contributed by atoms with Gasteiger partial charge >= 0.3 is 0 Å². The molecule has 4 heteroatoms. The molecule has 2 aromatic carbocycles. The number of benzene rings is 2. The van der Waals surface area contributed by atoms with E-state index in [-0.39, 0.29) is 0 Å². The van der Waals surface area contributed by atoms with Crippen LogP contribution in [0, 0.1) is 0 Å². The van der Waals surface area contributed by atoms with Crippen molar-refractivity contribution >= 4 is 39.2 Å². The van der Waals surface area contributed by atoms with Crippen molar-refractivity contribution in [2.45, 2.75) is 46.0 Å². The average Bonchev–Trinajstić information content (AvgIpc) is 2.58. The molecule has 2 N–H and O–H groups in total. The van der Waals surface area contributed by atoms with Crippen molar-refractivity contribution in [3.8, 4) is 0 Å². The van der Waals surface area contributed by atoms with Gasteiger partial charge in [0.05, 0.1) is 33.4 Å². The molecule has 0 bridgehead atoms. The number of nitrogens with zero attached hydrogens (tertiary/aromatic N) is 3. The predicted molar refractivity (Wildman–Crippen MR) is 103 cm³/mol. The third-order valence-corrected chi connectivity index (χ3v) is 4.19. The van der Waals surface area contributed by atoms with Gasteiger partial charge in [-0.1, -0.05) is 38.3 Å². The average molecular weight is 320 g/mol. The number of anilines is 1. The molecule has 0 spiro atoms. The third kappa shape index (κ3) is 3.70. The van der Waals surface area contributed by atoms with E-state index in [1.54, 1.807) is 0 Å². The molecule has 0 fully saturated rings. The minimum absolute atomic E-state index is 0.653. The fourth-order valence-electron chi connectivity index (χ4n) is 2.84. The van der Waals surface area contributed by atoms with Crippen molar-refractivity contribution in [1.82, 2.24) is 9.97 Å². The van der Waals surface area contributed by atoms with Crippen LogP contribution in [0.4, 0.5) is 11.4 Å². The fraction of sp³-hybridized carbons (Fsp3) is 0.350. The second kappa shape index (κ2) is 7.39. The van der Waals surface area contributed by atoms with Crippen molar-refractivity contribution in [2.24, 2.45) is 4.99 Å². The molecule has 4 nitrogen and oxygen atoms in total. The first kappa shape index (κ1) is 16.4. The summed E-state index contributed by atoms with van der Waals surface area (Å²) >= 11 is 0. The van der Waals surface area contributed by atoms with E-state index in [0.29, 0.717) is 5.69 Å². The number of rotatable bonds is 6. The molecular formula is C20H24N4. The summed E-state index contributed by atoms with van der Waals surface area (Å²) in [6, 6.07) is 11.7. The number of hydrogen-bond acceptors (Lipinski definition) is 4. The van der Waals surface area contributed by atoms with Gasteiger partial charge in [-0.15, -0.1) is 0 Å². The summed E-state index contributed by atoms with van der Waals surface area (Å²) < 4.78 is 0. The highest BCUT2D eigenvalue weighted by molar-refractivity contribution is 5.93. The number of para-hydroxylation sites is 2. The Kier molecular flexibility index (Phi) is 5.04. The molecule has 0 atom stereocenters. The Bertz CT molecular complexity index is 883. The van der Waals surface area contributed by atoms with Crippen LogP contribution < -0.4 is 5.73 Å². The van der Waals surface area contributed by atoms with Crippen molar-refractivity contribution in [2.75, 3.05) is 5.73 Å². The number of aliphatic imine (C=N–C) groups is 1. The van der Waals surface area contributed by atoms with Crippen LogP contribution in [-0.2, 0) is 0 Å². The van der Waals surface area contributed by atoms with Crippen LogP contribution in [-0.4, -0.2) is 15.7 Å². The highest BCUT2D eigenvalue weighted by Gasteiger charge is 2.06. The summed E-state index contributed by atoms with van der Waals surface area (Å²) in [6.45, 7) is 4.29. The minimum atomic E-state index is 0.653. The van der Waals surface area contributed by atoms with Crippen LogP contribution in [0.2, 0.25) is 0 Å². The Morgan fingerprint density at radius 2 is 1.62 bits per heavy atom. The molecule has 1 aromatic heterocycles. The molecule has 0 aliphatic carbocycles. The number of unbranched alkanes of at least 4 members (excludes halogenated alkanes) is 3. The van der Waals surface area contributed by atoms with Crippen LogP contribution in [0.1, 0.15) is 46.0 Å². The first-order valence-corrected chi connectivity index (χ1v) is 8.67. The molecule has 3 aromatic rings. The molecule has 0 unspecified atom stereocenters. The van der Waals surface area contributed by atoms with Gasteiger partial charge in [-0.3, -0.25) is 4.99 Å². The molecule has 1 heterocycles. The van der Waals surface area contributed by atoms with Crippen LogP contribution in [0.3, 0.4) is 0 Å². The van der Waals surface area contributed by atoms with E-state index < -0.39 is 0 Å². The summed E-state index contributed by atoms with van der Waals surface area (Å²) in [4.78, 5) is 14.0. The van der Waals surface area contributed by atoms with Gasteiger partial charge in [-0.05, 0) is 44.0 Å². The van der Waals surface area contributed by atoms with Crippen LogP contribution in [0.5, 0.6) is 0 Å². The maximum absolute atomic E-state index is 6.18. The maximum atomic E-state index is 6.18. The van der Waals surface area contributed by atoms with Gasteiger partial charge in [-0.25, -0.2) is 9.97 Å². The van der Waals surface area contributed by atoms with Crippen molar-refractivity contribution in [1.29, 1.82) is 0 Å². The topological polar surface area (TPSA) is 64.2 Å². The third-order valence-electron chi connectivity index (χ3n) is 4.19.